The number of anilines is 2. The van der Waals surface area contributed by atoms with Crippen LogP contribution in [0.15, 0.2) is 40.9 Å². The SMILES string of the molecule is Nc1ccc(C(=O)Nc2cc([N+](=O)[O-])ccc2F)cc1Br. The summed E-state index contributed by atoms with van der Waals surface area (Å²) >= 11 is 3.18. The van der Waals surface area contributed by atoms with Gasteiger partial charge in [0.05, 0.1) is 10.6 Å². The lowest BCUT2D eigenvalue weighted by Gasteiger charge is -2.07. The van der Waals surface area contributed by atoms with Crippen molar-refractivity contribution >= 4 is 38.9 Å². The summed E-state index contributed by atoms with van der Waals surface area (Å²) in [5, 5.41) is 12.9. The number of halogens is 2. The van der Waals surface area contributed by atoms with E-state index in [0.717, 1.165) is 18.2 Å². The maximum atomic E-state index is 13.6. The minimum atomic E-state index is -0.761. The summed E-state index contributed by atoms with van der Waals surface area (Å²) in [7, 11) is 0. The molecule has 0 saturated carbocycles. The molecule has 108 valence electrons. The van der Waals surface area contributed by atoms with Gasteiger partial charge in [0, 0.05) is 27.9 Å². The Morgan fingerprint density at radius 3 is 2.62 bits per heavy atom. The van der Waals surface area contributed by atoms with E-state index in [1.54, 1.807) is 0 Å². The zero-order chi connectivity index (χ0) is 15.6. The normalized spacial score (nSPS) is 10.2. The number of rotatable bonds is 3. The highest BCUT2D eigenvalue weighted by Crippen LogP contribution is 2.24. The summed E-state index contributed by atoms with van der Waals surface area (Å²) in [5.41, 5.74) is 5.72. The molecule has 0 aliphatic rings. The Kier molecular flexibility index (Phi) is 4.18. The molecule has 0 heterocycles. The Bertz CT molecular complexity index is 737. The van der Waals surface area contributed by atoms with Gasteiger partial charge in [-0.1, -0.05) is 0 Å². The quantitative estimate of drug-likeness (QED) is 0.502. The van der Waals surface area contributed by atoms with Gasteiger partial charge in [-0.3, -0.25) is 14.9 Å². The number of hydrogen-bond acceptors (Lipinski definition) is 4. The molecule has 8 heteroatoms. The molecule has 0 spiro atoms. The standard InChI is InChI=1S/C13H9BrFN3O3/c14-9-5-7(1-4-11(9)16)13(19)17-12-6-8(18(20)21)2-3-10(12)15/h1-6H,16H2,(H,17,19). The number of nitrogens with one attached hydrogen (secondary N) is 1. The largest absolute Gasteiger partial charge is 0.398 e. The number of amides is 1. The Morgan fingerprint density at radius 2 is 2.00 bits per heavy atom. The molecule has 6 nitrogen and oxygen atoms in total. The first kappa shape index (κ1) is 14.9. The van der Waals surface area contributed by atoms with Crippen molar-refractivity contribution in [2.75, 3.05) is 11.1 Å². The number of nitrogens with zero attached hydrogens (tertiary/aromatic N) is 1. The molecule has 1 amide bonds. The molecule has 0 radical (unpaired) electrons. The van der Waals surface area contributed by atoms with E-state index < -0.39 is 16.6 Å². The molecule has 0 aliphatic carbocycles. The van der Waals surface area contributed by atoms with Crippen LogP contribution in [0.25, 0.3) is 0 Å². The molecule has 0 aliphatic heterocycles. The van der Waals surface area contributed by atoms with E-state index in [1.807, 2.05) is 0 Å². The number of carbonyl (C=O) groups excluding carboxylic acids is 1. The molecular formula is C13H9BrFN3O3. The number of carbonyl (C=O) groups is 1. The zero-order valence-electron chi connectivity index (χ0n) is 10.5. The van der Waals surface area contributed by atoms with Crippen molar-refractivity contribution in [3.63, 3.8) is 0 Å². The number of nitrogens with two attached hydrogens (primary N) is 1. The van der Waals surface area contributed by atoms with Crippen LogP contribution in [0.1, 0.15) is 10.4 Å². The van der Waals surface area contributed by atoms with Crippen LogP contribution in [0.2, 0.25) is 0 Å². The summed E-state index contributed by atoms with van der Waals surface area (Å²) in [4.78, 5) is 22.0. The monoisotopic (exact) mass is 353 g/mol. The second-order valence-corrected chi connectivity index (χ2v) is 4.97. The Morgan fingerprint density at radius 1 is 1.29 bits per heavy atom. The minimum absolute atomic E-state index is 0.238. The third kappa shape index (κ3) is 3.34. The van der Waals surface area contributed by atoms with Gasteiger partial charge in [-0.15, -0.1) is 0 Å². The predicted molar refractivity (Wildman–Crippen MR) is 79.6 cm³/mol. The first-order valence-electron chi connectivity index (χ1n) is 5.69. The van der Waals surface area contributed by atoms with Crippen molar-refractivity contribution in [3.8, 4) is 0 Å². The van der Waals surface area contributed by atoms with E-state index in [4.69, 9.17) is 5.73 Å². The van der Waals surface area contributed by atoms with Crippen LogP contribution < -0.4 is 11.1 Å². The highest BCUT2D eigenvalue weighted by atomic mass is 79.9. The molecule has 2 aromatic carbocycles. The van der Waals surface area contributed by atoms with Crippen LogP contribution >= 0.6 is 15.9 Å². The van der Waals surface area contributed by atoms with E-state index in [9.17, 15) is 19.3 Å². The maximum Gasteiger partial charge on any atom is 0.271 e. The van der Waals surface area contributed by atoms with E-state index in [0.29, 0.717) is 10.2 Å². The van der Waals surface area contributed by atoms with Crippen LogP contribution in [-0.4, -0.2) is 10.8 Å². The highest BCUT2D eigenvalue weighted by Gasteiger charge is 2.14. The topological polar surface area (TPSA) is 98.3 Å². The first-order chi connectivity index (χ1) is 9.88. The van der Waals surface area contributed by atoms with Crippen molar-refractivity contribution in [2.24, 2.45) is 0 Å². The predicted octanol–water partition coefficient (Wildman–Crippen LogP) is 3.33. The van der Waals surface area contributed by atoms with Crippen LogP contribution in [-0.2, 0) is 0 Å². The van der Waals surface area contributed by atoms with Crippen molar-refractivity contribution in [2.45, 2.75) is 0 Å². The van der Waals surface area contributed by atoms with Gasteiger partial charge >= 0.3 is 0 Å². The van der Waals surface area contributed by atoms with Crippen molar-refractivity contribution in [1.29, 1.82) is 0 Å². The maximum absolute atomic E-state index is 13.6. The number of nitro benzene ring substituents is 1. The highest BCUT2D eigenvalue weighted by molar-refractivity contribution is 9.10. The smallest absolute Gasteiger partial charge is 0.271 e. The number of non-ortho nitro benzene ring substituents is 1. The van der Waals surface area contributed by atoms with Gasteiger partial charge in [0.1, 0.15) is 5.82 Å². The molecule has 0 unspecified atom stereocenters. The Labute approximate surface area is 127 Å². The summed E-state index contributed by atoms with van der Waals surface area (Å²) < 4.78 is 14.1. The average Bonchev–Trinajstić information content (AvgIpc) is 2.43. The number of nitro groups is 1. The van der Waals surface area contributed by atoms with Gasteiger partial charge < -0.3 is 11.1 Å². The van der Waals surface area contributed by atoms with Crippen LogP contribution in [0.4, 0.5) is 21.5 Å². The fourth-order valence-electron chi connectivity index (χ4n) is 1.59. The van der Waals surface area contributed by atoms with Gasteiger partial charge in [-0.2, -0.15) is 0 Å². The summed E-state index contributed by atoms with van der Waals surface area (Å²) in [5.74, 6) is -1.36. The zero-order valence-corrected chi connectivity index (χ0v) is 12.1. The lowest BCUT2D eigenvalue weighted by molar-refractivity contribution is -0.384. The summed E-state index contributed by atoms with van der Waals surface area (Å²) in [6.45, 7) is 0. The lowest BCUT2D eigenvalue weighted by atomic mass is 10.2. The van der Waals surface area contributed by atoms with Crippen LogP contribution in [0.3, 0.4) is 0 Å². The second kappa shape index (κ2) is 5.88. The first-order valence-corrected chi connectivity index (χ1v) is 6.48. The van der Waals surface area contributed by atoms with Crippen molar-refractivity contribution < 1.29 is 14.1 Å². The Balaban J connectivity index is 2.28. The fourth-order valence-corrected chi connectivity index (χ4v) is 1.96. The van der Waals surface area contributed by atoms with E-state index in [2.05, 4.69) is 21.2 Å². The second-order valence-electron chi connectivity index (χ2n) is 4.11. The van der Waals surface area contributed by atoms with Gasteiger partial charge in [0.2, 0.25) is 0 Å². The summed E-state index contributed by atoms with van der Waals surface area (Å²) in [6, 6.07) is 7.35. The van der Waals surface area contributed by atoms with Crippen molar-refractivity contribution in [1.82, 2.24) is 0 Å². The molecule has 0 fully saturated rings. The van der Waals surface area contributed by atoms with Crippen LogP contribution in [0.5, 0.6) is 0 Å². The number of benzene rings is 2. The Hall–Kier alpha value is -2.48. The van der Waals surface area contributed by atoms with E-state index >= 15 is 0 Å². The molecular weight excluding hydrogens is 345 g/mol. The average molecular weight is 354 g/mol. The van der Waals surface area contributed by atoms with E-state index in [-0.39, 0.29) is 16.9 Å². The molecule has 0 saturated heterocycles. The van der Waals surface area contributed by atoms with E-state index in [1.165, 1.54) is 18.2 Å². The number of nitrogen functional groups attached to an aromatic ring is 1. The number of hydrogen-bond donors (Lipinski definition) is 2. The lowest BCUT2D eigenvalue weighted by Crippen LogP contribution is -2.13. The third-order valence-electron chi connectivity index (χ3n) is 2.67. The van der Waals surface area contributed by atoms with Gasteiger partial charge in [-0.05, 0) is 40.2 Å². The molecule has 0 aromatic heterocycles. The van der Waals surface area contributed by atoms with Gasteiger partial charge in [0.15, 0.2) is 0 Å². The van der Waals surface area contributed by atoms with Gasteiger partial charge in [0.25, 0.3) is 11.6 Å². The molecule has 3 N–H and O–H groups in total. The minimum Gasteiger partial charge on any atom is -0.398 e. The van der Waals surface area contributed by atoms with Crippen LogP contribution in [0, 0.1) is 15.9 Å². The fraction of sp³-hybridized carbons (Fsp3) is 0. The molecule has 0 bridgehead atoms. The van der Waals surface area contributed by atoms with Crippen molar-refractivity contribution in [3.05, 3.63) is 62.4 Å². The third-order valence-corrected chi connectivity index (χ3v) is 3.36. The molecule has 0 atom stereocenters. The van der Waals surface area contributed by atoms with Gasteiger partial charge in [-0.25, -0.2) is 4.39 Å². The molecule has 2 aromatic rings. The molecule has 21 heavy (non-hydrogen) atoms. The summed E-state index contributed by atoms with van der Waals surface area (Å²) in [6.07, 6.45) is 0. The molecule has 2 rings (SSSR count).